The summed E-state index contributed by atoms with van der Waals surface area (Å²) in [6, 6.07) is 0. The Labute approximate surface area is 65.3 Å². The maximum absolute atomic E-state index is 8.25. The van der Waals surface area contributed by atoms with Gasteiger partial charge in [-0.15, -0.1) is 0 Å². The van der Waals surface area contributed by atoms with Crippen LogP contribution in [-0.4, -0.2) is 34.1 Å². The summed E-state index contributed by atoms with van der Waals surface area (Å²) in [6.45, 7) is 0. The molecule has 0 fully saturated rings. The second-order valence-electron chi connectivity index (χ2n) is 0.447. The van der Waals surface area contributed by atoms with Crippen molar-refractivity contribution >= 4 is 23.9 Å². The fourth-order valence-electron chi connectivity index (χ4n) is 0. The normalized spacial score (nSPS) is 5.33. The van der Waals surface area contributed by atoms with Gasteiger partial charge in [-0.1, -0.05) is 0 Å². The summed E-state index contributed by atoms with van der Waals surface area (Å²) >= 11 is 0. The summed E-state index contributed by atoms with van der Waals surface area (Å²) in [7, 11) is 0. The van der Waals surface area contributed by atoms with Crippen molar-refractivity contribution in [3.63, 3.8) is 0 Å². The topological polar surface area (TPSA) is 132 Å². The number of nitrogens with zero attached hydrogens (tertiary/aromatic N) is 2. The van der Waals surface area contributed by atoms with Crippen molar-refractivity contribution in [2.75, 3.05) is 0 Å². The molecule has 0 bridgehead atoms. The zero-order chi connectivity index (χ0) is 7.15. The van der Waals surface area contributed by atoms with E-state index in [1.165, 1.54) is 0 Å². The van der Waals surface area contributed by atoms with Crippen LogP contribution in [0, 0.1) is 30.6 Å². The van der Waals surface area contributed by atoms with Gasteiger partial charge in [0, 0.05) is 0 Å². The van der Waals surface area contributed by atoms with Gasteiger partial charge in [-0.25, -0.2) is 0 Å². The van der Waals surface area contributed by atoms with E-state index in [4.69, 9.17) is 30.6 Å². The molecule has 0 aromatic rings. The van der Waals surface area contributed by atoms with Crippen LogP contribution in [0.25, 0.3) is 0 Å². The molecular weight excluding hydrogens is 243 g/mol. The van der Waals surface area contributed by atoms with Gasteiger partial charge in [0.1, 0.15) is 0 Å². The van der Waals surface area contributed by atoms with Crippen molar-refractivity contribution in [2.45, 2.75) is 0 Å². The number of hydrogen-bond donors (Lipinski definition) is 0. The van der Waals surface area contributed by atoms with E-state index >= 15 is 0 Å². The predicted molar refractivity (Wildman–Crippen MR) is 29.3 cm³/mol. The van der Waals surface area contributed by atoms with Crippen LogP contribution in [0.1, 0.15) is 0 Å². The van der Waals surface area contributed by atoms with Gasteiger partial charge in [0.25, 0.3) is 0 Å². The Kier molecular flexibility index (Phi) is 17.9. The van der Waals surface area contributed by atoms with Crippen LogP contribution in [0.3, 0.4) is 0 Å². The van der Waals surface area contributed by atoms with Gasteiger partial charge < -0.3 is 30.6 Å². The molecule has 0 radical (unpaired) electrons. The summed E-state index contributed by atoms with van der Waals surface area (Å²) in [5.74, 6) is 0. The Morgan fingerprint density at radius 2 is 0.778 bits per heavy atom. The summed E-state index contributed by atoms with van der Waals surface area (Å²) in [6.07, 6.45) is 0. The van der Waals surface area contributed by atoms with Crippen LogP contribution in [0.2, 0.25) is 0 Å². The number of rotatable bonds is 0. The first-order valence-corrected chi connectivity index (χ1v) is 1.10. The van der Waals surface area contributed by atoms with Crippen LogP contribution < -0.4 is 0 Å². The first-order chi connectivity index (χ1) is 3.46. The average molecular weight is 245 g/mol. The van der Waals surface area contributed by atoms with E-state index in [0.717, 1.165) is 0 Å². The third kappa shape index (κ3) is 303. The van der Waals surface area contributed by atoms with Crippen LogP contribution >= 0.6 is 0 Å². The molecule has 0 aliphatic rings. The maximum atomic E-state index is 8.25. The molecule has 0 N–H and O–H groups in total. The van der Waals surface area contributed by atoms with Crippen molar-refractivity contribution in [1.82, 2.24) is 0 Å². The molecule has 9 heavy (non-hydrogen) atoms. The molecule has 0 aliphatic carbocycles. The fourth-order valence-corrected chi connectivity index (χ4v) is 0. The Hall–Kier alpha value is -0.801. The second-order valence-corrected chi connectivity index (χ2v) is 0.447. The summed E-state index contributed by atoms with van der Waals surface area (Å²) in [5.41, 5.74) is 0. The van der Waals surface area contributed by atoms with Crippen molar-refractivity contribution in [3.8, 4) is 0 Å². The van der Waals surface area contributed by atoms with Gasteiger partial charge in [0.15, 0.2) is 0 Å². The summed E-state index contributed by atoms with van der Waals surface area (Å²) in [5, 5.41) is 29.5. The van der Waals surface area contributed by atoms with Crippen molar-refractivity contribution < 1.29 is 10.2 Å². The quantitative estimate of drug-likeness (QED) is 0.293. The molecule has 0 atom stereocenters. The summed E-state index contributed by atoms with van der Waals surface area (Å²) in [4.78, 5) is 16.5. The van der Waals surface area contributed by atoms with Gasteiger partial charge in [-0.05, 0) is 0 Å². The SMILES string of the molecule is O=[N+]([O-])[O-].O=[N+]([O-])[O-].[SnH2+2]. The Morgan fingerprint density at radius 1 is 0.778 bits per heavy atom. The molecule has 9 heteroatoms. The standard InChI is InChI=1S/2NO3.Sn.2H/c2*2-1(3)4;;;/q2*-1;+2;;. The van der Waals surface area contributed by atoms with Crippen LogP contribution in [0.15, 0.2) is 0 Å². The van der Waals surface area contributed by atoms with Gasteiger partial charge in [-0.3, -0.25) is 0 Å². The molecule has 0 amide bonds. The van der Waals surface area contributed by atoms with Crippen LogP contribution in [-0.2, 0) is 0 Å². The van der Waals surface area contributed by atoms with E-state index in [1.807, 2.05) is 0 Å². The predicted octanol–water partition coefficient (Wildman–Crippen LogP) is -1.39. The van der Waals surface area contributed by atoms with Crippen molar-refractivity contribution in [3.05, 3.63) is 30.6 Å². The Bertz CT molecular complexity index is 69.1. The van der Waals surface area contributed by atoms with Gasteiger partial charge in [-0.2, -0.15) is 0 Å². The van der Waals surface area contributed by atoms with Gasteiger partial charge in [0.2, 0.25) is 0 Å². The third-order valence-electron chi connectivity index (χ3n) is 0. The molecule has 8 nitrogen and oxygen atoms in total. The van der Waals surface area contributed by atoms with Crippen molar-refractivity contribution in [2.24, 2.45) is 0 Å². The minimum absolute atomic E-state index is 0. The van der Waals surface area contributed by atoms with Crippen LogP contribution in [0.4, 0.5) is 0 Å². The van der Waals surface area contributed by atoms with E-state index in [0.29, 0.717) is 0 Å². The zero-order valence-corrected chi connectivity index (χ0v) is 8.09. The Balaban J connectivity index is -0.0000000720. The minimum atomic E-state index is -1.75. The molecule has 0 saturated heterocycles. The molecule has 0 unspecified atom stereocenters. The van der Waals surface area contributed by atoms with E-state index in [2.05, 4.69) is 0 Å². The van der Waals surface area contributed by atoms with E-state index in [9.17, 15) is 0 Å². The summed E-state index contributed by atoms with van der Waals surface area (Å²) < 4.78 is 0. The molecule has 0 heterocycles. The molecule has 0 aromatic carbocycles. The first kappa shape index (κ1) is 15.7. The zero-order valence-electron chi connectivity index (χ0n) is 4.05. The van der Waals surface area contributed by atoms with E-state index < -0.39 is 10.2 Å². The molecule has 0 spiro atoms. The molecule has 0 aromatic heterocycles. The average Bonchev–Trinajstić information content (AvgIpc) is 1.25. The fraction of sp³-hybridized carbons (Fsp3) is 0. The van der Waals surface area contributed by atoms with Gasteiger partial charge in [0.05, 0.1) is 10.2 Å². The second kappa shape index (κ2) is 10.2. The molecular formula is H2N2O6Sn. The van der Waals surface area contributed by atoms with Gasteiger partial charge >= 0.3 is 23.9 Å². The molecule has 0 saturated carbocycles. The molecule has 0 aliphatic heterocycles. The van der Waals surface area contributed by atoms with Crippen molar-refractivity contribution in [1.29, 1.82) is 0 Å². The number of hydrogen-bond acceptors (Lipinski definition) is 6. The van der Waals surface area contributed by atoms with Crippen LogP contribution in [0.5, 0.6) is 0 Å². The van der Waals surface area contributed by atoms with E-state index in [1.54, 1.807) is 0 Å². The third-order valence-corrected chi connectivity index (χ3v) is 0. The molecule has 52 valence electrons. The first-order valence-electron chi connectivity index (χ1n) is 1.10. The van der Waals surface area contributed by atoms with E-state index in [-0.39, 0.29) is 23.9 Å². The Morgan fingerprint density at radius 3 is 0.778 bits per heavy atom. The molecule has 0 rings (SSSR count). The monoisotopic (exact) mass is 246 g/mol.